The topological polar surface area (TPSA) is 61.3 Å². The van der Waals surface area contributed by atoms with Crippen molar-refractivity contribution in [2.75, 3.05) is 13.2 Å². The van der Waals surface area contributed by atoms with Gasteiger partial charge in [-0.15, -0.1) is 0 Å². The molecule has 0 spiro atoms. The quantitative estimate of drug-likeness (QED) is 0.689. The third-order valence-corrected chi connectivity index (χ3v) is 2.15. The molecule has 0 amide bonds. The SMILES string of the molecule is CC(=O)c1cncc(OC2CCOC2)n1. The van der Waals surface area contributed by atoms with Crippen LogP contribution < -0.4 is 4.74 Å². The van der Waals surface area contributed by atoms with E-state index in [0.29, 0.717) is 24.8 Å². The third kappa shape index (κ3) is 2.50. The first-order valence-electron chi connectivity index (χ1n) is 4.83. The molecule has 0 aliphatic carbocycles. The van der Waals surface area contributed by atoms with E-state index in [1.807, 2.05) is 0 Å². The van der Waals surface area contributed by atoms with E-state index in [1.165, 1.54) is 19.3 Å². The Morgan fingerprint density at radius 2 is 2.47 bits per heavy atom. The van der Waals surface area contributed by atoms with Gasteiger partial charge in [-0.05, 0) is 0 Å². The van der Waals surface area contributed by atoms with Crippen LogP contribution in [0.1, 0.15) is 23.8 Å². The van der Waals surface area contributed by atoms with Crippen LogP contribution in [0.2, 0.25) is 0 Å². The van der Waals surface area contributed by atoms with Crippen LogP contribution in [-0.4, -0.2) is 35.1 Å². The minimum atomic E-state index is -0.115. The molecule has 5 nitrogen and oxygen atoms in total. The van der Waals surface area contributed by atoms with E-state index in [-0.39, 0.29) is 11.9 Å². The van der Waals surface area contributed by atoms with Gasteiger partial charge in [0.25, 0.3) is 0 Å². The van der Waals surface area contributed by atoms with Gasteiger partial charge in [-0.25, -0.2) is 4.98 Å². The van der Waals surface area contributed by atoms with Crippen molar-refractivity contribution in [2.45, 2.75) is 19.4 Å². The average Bonchev–Trinajstić information content (AvgIpc) is 2.71. The molecule has 80 valence electrons. The molecule has 2 heterocycles. The van der Waals surface area contributed by atoms with E-state index in [2.05, 4.69) is 9.97 Å². The zero-order valence-electron chi connectivity index (χ0n) is 8.47. The molecule has 1 atom stereocenters. The predicted octanol–water partition coefficient (Wildman–Crippen LogP) is 0.847. The lowest BCUT2D eigenvalue weighted by Crippen LogP contribution is -2.17. The normalized spacial score (nSPS) is 20.2. The Bertz CT molecular complexity index is 361. The summed E-state index contributed by atoms with van der Waals surface area (Å²) in [4.78, 5) is 19.0. The molecule has 1 aromatic heterocycles. The molecule has 0 bridgehead atoms. The maximum atomic E-state index is 11.1. The summed E-state index contributed by atoms with van der Waals surface area (Å²) in [7, 11) is 0. The number of nitrogens with zero attached hydrogens (tertiary/aromatic N) is 2. The minimum Gasteiger partial charge on any atom is -0.471 e. The standard InChI is InChI=1S/C10H12N2O3/c1-7(13)9-4-11-5-10(12-9)15-8-2-3-14-6-8/h4-5,8H,2-3,6H2,1H3. The van der Waals surface area contributed by atoms with Gasteiger partial charge in [-0.3, -0.25) is 9.78 Å². The van der Waals surface area contributed by atoms with Gasteiger partial charge < -0.3 is 9.47 Å². The summed E-state index contributed by atoms with van der Waals surface area (Å²) in [6.07, 6.45) is 3.82. The Labute approximate surface area is 87.4 Å². The van der Waals surface area contributed by atoms with E-state index in [0.717, 1.165) is 6.42 Å². The first kappa shape index (κ1) is 10.0. The number of hydrogen-bond donors (Lipinski definition) is 0. The molecule has 0 aromatic carbocycles. The summed E-state index contributed by atoms with van der Waals surface area (Å²) < 4.78 is 10.7. The van der Waals surface area contributed by atoms with Crippen molar-refractivity contribution in [1.29, 1.82) is 0 Å². The van der Waals surface area contributed by atoms with Crippen molar-refractivity contribution in [3.05, 3.63) is 18.1 Å². The van der Waals surface area contributed by atoms with Crippen molar-refractivity contribution in [3.63, 3.8) is 0 Å². The highest BCUT2D eigenvalue weighted by atomic mass is 16.5. The molecule has 1 aromatic rings. The Morgan fingerprint density at radius 3 is 3.13 bits per heavy atom. The summed E-state index contributed by atoms with van der Waals surface area (Å²) >= 11 is 0. The van der Waals surface area contributed by atoms with Gasteiger partial charge in [0.2, 0.25) is 5.88 Å². The van der Waals surface area contributed by atoms with Crippen LogP contribution >= 0.6 is 0 Å². The van der Waals surface area contributed by atoms with E-state index < -0.39 is 0 Å². The van der Waals surface area contributed by atoms with Gasteiger partial charge in [0.15, 0.2) is 5.78 Å². The summed E-state index contributed by atoms with van der Waals surface area (Å²) in [5, 5.41) is 0. The van der Waals surface area contributed by atoms with Gasteiger partial charge in [0, 0.05) is 13.3 Å². The Morgan fingerprint density at radius 1 is 1.60 bits per heavy atom. The zero-order chi connectivity index (χ0) is 10.7. The smallest absolute Gasteiger partial charge is 0.233 e. The second-order valence-corrected chi connectivity index (χ2v) is 3.40. The molecule has 1 aliphatic rings. The lowest BCUT2D eigenvalue weighted by Gasteiger charge is -2.10. The third-order valence-electron chi connectivity index (χ3n) is 2.15. The maximum absolute atomic E-state index is 11.1. The van der Waals surface area contributed by atoms with Crippen LogP contribution in [0, 0.1) is 0 Å². The molecule has 1 saturated heterocycles. The summed E-state index contributed by atoms with van der Waals surface area (Å²) in [5.74, 6) is 0.272. The second-order valence-electron chi connectivity index (χ2n) is 3.40. The number of carbonyl (C=O) groups excluding carboxylic acids is 1. The van der Waals surface area contributed by atoms with Crippen molar-refractivity contribution >= 4 is 5.78 Å². The van der Waals surface area contributed by atoms with Crippen molar-refractivity contribution in [1.82, 2.24) is 9.97 Å². The van der Waals surface area contributed by atoms with Crippen molar-refractivity contribution in [2.24, 2.45) is 0 Å². The van der Waals surface area contributed by atoms with Gasteiger partial charge in [0.1, 0.15) is 11.8 Å². The fourth-order valence-electron chi connectivity index (χ4n) is 1.35. The molecule has 1 unspecified atom stereocenters. The first-order chi connectivity index (χ1) is 7.25. The number of carbonyl (C=O) groups is 1. The van der Waals surface area contributed by atoms with Crippen LogP contribution in [-0.2, 0) is 4.74 Å². The molecule has 0 saturated carbocycles. The molecular formula is C10H12N2O3. The van der Waals surface area contributed by atoms with Gasteiger partial charge >= 0.3 is 0 Å². The first-order valence-corrected chi connectivity index (χ1v) is 4.83. The number of aromatic nitrogens is 2. The number of hydrogen-bond acceptors (Lipinski definition) is 5. The van der Waals surface area contributed by atoms with E-state index in [9.17, 15) is 4.79 Å². The van der Waals surface area contributed by atoms with Crippen LogP contribution in [0.3, 0.4) is 0 Å². The van der Waals surface area contributed by atoms with Gasteiger partial charge in [-0.1, -0.05) is 0 Å². The highest BCUT2D eigenvalue weighted by Crippen LogP contribution is 2.13. The van der Waals surface area contributed by atoms with Crippen LogP contribution in [0.15, 0.2) is 12.4 Å². The summed E-state index contributed by atoms with van der Waals surface area (Å²) in [5.41, 5.74) is 0.325. The lowest BCUT2D eigenvalue weighted by molar-refractivity contribution is 0.100. The van der Waals surface area contributed by atoms with Crippen molar-refractivity contribution < 1.29 is 14.3 Å². The highest BCUT2D eigenvalue weighted by molar-refractivity contribution is 5.91. The number of ketones is 1. The number of ether oxygens (including phenoxy) is 2. The maximum Gasteiger partial charge on any atom is 0.233 e. The van der Waals surface area contributed by atoms with E-state index >= 15 is 0 Å². The molecule has 5 heteroatoms. The van der Waals surface area contributed by atoms with Crippen LogP contribution in [0.25, 0.3) is 0 Å². The molecule has 0 radical (unpaired) electrons. The number of Topliss-reactive ketones (excluding diaryl/α,β-unsaturated/α-hetero) is 1. The monoisotopic (exact) mass is 208 g/mol. The molecule has 15 heavy (non-hydrogen) atoms. The lowest BCUT2D eigenvalue weighted by atomic mass is 10.3. The number of rotatable bonds is 3. The van der Waals surface area contributed by atoms with Crippen molar-refractivity contribution in [3.8, 4) is 5.88 Å². The fourth-order valence-corrected chi connectivity index (χ4v) is 1.35. The molecular weight excluding hydrogens is 196 g/mol. The fraction of sp³-hybridized carbons (Fsp3) is 0.500. The Balaban J connectivity index is 2.07. The van der Waals surface area contributed by atoms with Crippen LogP contribution in [0.5, 0.6) is 5.88 Å². The van der Waals surface area contributed by atoms with E-state index in [4.69, 9.17) is 9.47 Å². The summed E-state index contributed by atoms with van der Waals surface area (Å²) in [6, 6.07) is 0. The van der Waals surface area contributed by atoms with Crippen LogP contribution in [0.4, 0.5) is 0 Å². The second kappa shape index (κ2) is 4.35. The Kier molecular flexibility index (Phi) is 2.91. The van der Waals surface area contributed by atoms with Gasteiger partial charge in [-0.2, -0.15) is 0 Å². The predicted molar refractivity (Wildman–Crippen MR) is 51.9 cm³/mol. The minimum absolute atomic E-state index is 0.0292. The average molecular weight is 208 g/mol. The summed E-state index contributed by atoms with van der Waals surface area (Å²) in [6.45, 7) is 2.74. The largest absolute Gasteiger partial charge is 0.471 e. The molecule has 0 N–H and O–H groups in total. The molecule has 2 rings (SSSR count). The highest BCUT2D eigenvalue weighted by Gasteiger charge is 2.18. The Hall–Kier alpha value is -1.49. The molecule has 1 fully saturated rings. The zero-order valence-corrected chi connectivity index (χ0v) is 8.47. The van der Waals surface area contributed by atoms with Gasteiger partial charge in [0.05, 0.1) is 25.6 Å². The molecule has 1 aliphatic heterocycles. The van der Waals surface area contributed by atoms with E-state index in [1.54, 1.807) is 0 Å².